The zero-order chi connectivity index (χ0) is 20.5. The van der Waals surface area contributed by atoms with Crippen LogP contribution in [-0.4, -0.2) is 0 Å². The number of halogens is 1. The predicted octanol–water partition coefficient (Wildman–Crippen LogP) is 7.52. The second-order valence-electron chi connectivity index (χ2n) is 7.48. The third-order valence-electron chi connectivity index (χ3n) is 5.30. The second-order valence-corrected chi connectivity index (χ2v) is 7.48. The lowest BCUT2D eigenvalue weighted by molar-refractivity contribution is 0.629. The molecule has 0 aliphatic rings. The summed E-state index contributed by atoms with van der Waals surface area (Å²) in [5.41, 5.74) is 6.57. The van der Waals surface area contributed by atoms with Crippen LogP contribution in [0.1, 0.15) is 35.1 Å². The zero-order valence-electron chi connectivity index (χ0n) is 17.0. The van der Waals surface area contributed by atoms with Crippen LogP contribution in [0.2, 0.25) is 0 Å². The summed E-state index contributed by atoms with van der Waals surface area (Å²) in [6.45, 7) is 7.50. The molecule has 0 atom stereocenters. The van der Waals surface area contributed by atoms with E-state index >= 15 is 0 Å². The molecule has 0 aliphatic heterocycles. The standard InChI is InChI=1S/C28H29F/c1-3-5-7-22-9-11-23(12-10-22)13-14-24-15-18-26(19-16-24)27-20-17-25(8-6-4-2)21-28(27)29/h3-4,9-12,15-21H,1-2,5-8,13-14H2. The Kier molecular flexibility index (Phi) is 7.58. The Balaban J connectivity index is 1.60. The van der Waals surface area contributed by atoms with E-state index in [0.29, 0.717) is 5.56 Å². The van der Waals surface area contributed by atoms with Crippen molar-refractivity contribution in [1.29, 1.82) is 0 Å². The van der Waals surface area contributed by atoms with E-state index in [4.69, 9.17) is 0 Å². The van der Waals surface area contributed by atoms with Gasteiger partial charge in [0.05, 0.1) is 0 Å². The molecule has 0 nitrogen and oxygen atoms in total. The lowest BCUT2D eigenvalue weighted by atomic mass is 9.98. The topological polar surface area (TPSA) is 0 Å². The van der Waals surface area contributed by atoms with Gasteiger partial charge in [0.25, 0.3) is 0 Å². The molecule has 0 unspecified atom stereocenters. The van der Waals surface area contributed by atoms with E-state index in [-0.39, 0.29) is 5.82 Å². The minimum Gasteiger partial charge on any atom is -0.206 e. The first-order chi connectivity index (χ1) is 14.2. The van der Waals surface area contributed by atoms with Crippen molar-refractivity contribution in [3.63, 3.8) is 0 Å². The minimum absolute atomic E-state index is 0.157. The molecular formula is C28H29F. The van der Waals surface area contributed by atoms with Crippen molar-refractivity contribution < 1.29 is 4.39 Å². The average Bonchev–Trinajstić information content (AvgIpc) is 2.76. The molecule has 3 aromatic carbocycles. The molecule has 0 heterocycles. The second kappa shape index (κ2) is 10.6. The van der Waals surface area contributed by atoms with Crippen LogP contribution in [0, 0.1) is 5.82 Å². The molecule has 0 saturated heterocycles. The number of allylic oxidation sites excluding steroid dienone is 2. The molecule has 0 N–H and O–H groups in total. The van der Waals surface area contributed by atoms with Crippen molar-refractivity contribution in [2.24, 2.45) is 0 Å². The summed E-state index contributed by atoms with van der Waals surface area (Å²) >= 11 is 0. The van der Waals surface area contributed by atoms with Crippen molar-refractivity contribution in [3.8, 4) is 11.1 Å². The number of aryl methyl sites for hydroxylation is 4. The molecule has 0 saturated carbocycles. The van der Waals surface area contributed by atoms with Gasteiger partial charge in [-0.15, -0.1) is 13.2 Å². The maximum absolute atomic E-state index is 14.5. The van der Waals surface area contributed by atoms with Gasteiger partial charge >= 0.3 is 0 Å². The normalized spacial score (nSPS) is 10.7. The zero-order valence-corrected chi connectivity index (χ0v) is 17.0. The number of hydrogen-bond donors (Lipinski definition) is 0. The minimum atomic E-state index is -0.157. The molecule has 1 heteroatoms. The average molecular weight is 385 g/mol. The van der Waals surface area contributed by atoms with Crippen molar-refractivity contribution in [2.45, 2.75) is 38.5 Å². The van der Waals surface area contributed by atoms with Crippen LogP contribution in [0.4, 0.5) is 4.39 Å². The fraction of sp³-hybridized carbons (Fsp3) is 0.214. The summed E-state index contributed by atoms with van der Waals surface area (Å²) in [6, 6.07) is 22.7. The number of hydrogen-bond acceptors (Lipinski definition) is 0. The van der Waals surface area contributed by atoms with Gasteiger partial charge in [0, 0.05) is 5.56 Å². The largest absolute Gasteiger partial charge is 0.206 e. The highest BCUT2D eigenvalue weighted by molar-refractivity contribution is 5.64. The highest BCUT2D eigenvalue weighted by atomic mass is 19.1. The molecule has 0 aliphatic carbocycles. The summed E-state index contributed by atoms with van der Waals surface area (Å²) in [6.07, 6.45) is 9.58. The molecule has 0 bridgehead atoms. The van der Waals surface area contributed by atoms with Gasteiger partial charge < -0.3 is 0 Å². The lowest BCUT2D eigenvalue weighted by Gasteiger charge is -2.08. The Morgan fingerprint density at radius 1 is 0.586 bits per heavy atom. The van der Waals surface area contributed by atoms with Gasteiger partial charge in [0.2, 0.25) is 0 Å². The predicted molar refractivity (Wildman–Crippen MR) is 123 cm³/mol. The SMILES string of the molecule is C=CCCc1ccc(CCc2ccc(-c3ccc(CCC=C)cc3F)cc2)cc1. The van der Waals surface area contributed by atoms with E-state index in [1.807, 2.05) is 36.4 Å². The van der Waals surface area contributed by atoms with Gasteiger partial charge in [-0.1, -0.05) is 72.8 Å². The molecule has 0 radical (unpaired) electrons. The molecule has 0 fully saturated rings. The van der Waals surface area contributed by atoms with Crippen LogP contribution in [-0.2, 0) is 25.7 Å². The van der Waals surface area contributed by atoms with Crippen LogP contribution in [0.5, 0.6) is 0 Å². The van der Waals surface area contributed by atoms with Crippen molar-refractivity contribution >= 4 is 0 Å². The summed E-state index contributed by atoms with van der Waals surface area (Å²) < 4.78 is 14.5. The van der Waals surface area contributed by atoms with Crippen LogP contribution in [0.3, 0.4) is 0 Å². The molecule has 3 aromatic rings. The first-order valence-corrected chi connectivity index (χ1v) is 10.4. The maximum atomic E-state index is 14.5. The van der Waals surface area contributed by atoms with Crippen LogP contribution < -0.4 is 0 Å². The summed E-state index contributed by atoms with van der Waals surface area (Å²) in [4.78, 5) is 0. The van der Waals surface area contributed by atoms with Gasteiger partial charge in [-0.2, -0.15) is 0 Å². The molecular weight excluding hydrogens is 355 g/mol. The summed E-state index contributed by atoms with van der Waals surface area (Å²) in [7, 11) is 0. The molecule has 148 valence electrons. The molecule has 0 aromatic heterocycles. The van der Waals surface area contributed by atoms with Gasteiger partial charge in [-0.05, 0) is 72.4 Å². The monoisotopic (exact) mass is 384 g/mol. The molecule has 29 heavy (non-hydrogen) atoms. The quantitative estimate of drug-likeness (QED) is 0.317. The fourth-order valence-corrected chi connectivity index (χ4v) is 3.50. The molecule has 3 rings (SSSR count). The number of rotatable bonds is 10. The van der Waals surface area contributed by atoms with Gasteiger partial charge in [-0.3, -0.25) is 0 Å². The van der Waals surface area contributed by atoms with Gasteiger partial charge in [0.1, 0.15) is 5.82 Å². The maximum Gasteiger partial charge on any atom is 0.131 e. The van der Waals surface area contributed by atoms with E-state index in [1.165, 1.54) is 16.7 Å². The van der Waals surface area contributed by atoms with Crippen molar-refractivity contribution in [2.75, 3.05) is 0 Å². The van der Waals surface area contributed by atoms with E-state index in [0.717, 1.165) is 49.7 Å². The van der Waals surface area contributed by atoms with Gasteiger partial charge in [-0.25, -0.2) is 4.39 Å². The Morgan fingerprint density at radius 3 is 1.55 bits per heavy atom. The van der Waals surface area contributed by atoms with E-state index in [2.05, 4.69) is 49.6 Å². The van der Waals surface area contributed by atoms with E-state index in [1.54, 1.807) is 6.07 Å². The fourth-order valence-electron chi connectivity index (χ4n) is 3.50. The molecule has 0 amide bonds. The summed E-state index contributed by atoms with van der Waals surface area (Å²) in [5, 5.41) is 0. The Labute approximate surface area is 174 Å². The first kappa shape index (κ1) is 20.8. The van der Waals surface area contributed by atoms with Crippen molar-refractivity contribution in [3.05, 3.63) is 120 Å². The smallest absolute Gasteiger partial charge is 0.131 e. The van der Waals surface area contributed by atoms with Crippen LogP contribution in [0.25, 0.3) is 11.1 Å². The van der Waals surface area contributed by atoms with Crippen molar-refractivity contribution in [1.82, 2.24) is 0 Å². The van der Waals surface area contributed by atoms with Crippen LogP contribution in [0.15, 0.2) is 92.0 Å². The third-order valence-corrected chi connectivity index (χ3v) is 5.30. The van der Waals surface area contributed by atoms with Crippen LogP contribution >= 0.6 is 0 Å². The highest BCUT2D eigenvalue weighted by Crippen LogP contribution is 2.25. The Morgan fingerprint density at radius 2 is 1.03 bits per heavy atom. The first-order valence-electron chi connectivity index (χ1n) is 10.4. The van der Waals surface area contributed by atoms with Gasteiger partial charge in [0.15, 0.2) is 0 Å². The third kappa shape index (κ3) is 6.02. The Hall–Kier alpha value is -2.93. The highest BCUT2D eigenvalue weighted by Gasteiger charge is 2.06. The summed E-state index contributed by atoms with van der Waals surface area (Å²) in [5.74, 6) is -0.157. The molecule has 0 spiro atoms. The lowest BCUT2D eigenvalue weighted by Crippen LogP contribution is -1.93. The van der Waals surface area contributed by atoms with E-state index < -0.39 is 0 Å². The number of benzene rings is 3. The van der Waals surface area contributed by atoms with E-state index in [9.17, 15) is 4.39 Å². The Bertz CT molecular complexity index is 933.